The minimum atomic E-state index is -0.555. The summed E-state index contributed by atoms with van der Waals surface area (Å²) in [6, 6.07) is 12.0. The van der Waals surface area contributed by atoms with Crippen LogP contribution in [0, 0.1) is 10.1 Å². The van der Waals surface area contributed by atoms with Crippen molar-refractivity contribution in [3.8, 4) is 5.75 Å². The van der Waals surface area contributed by atoms with Crippen LogP contribution in [-0.4, -0.2) is 35.7 Å². The topological polar surface area (TPSA) is 97.1 Å². The van der Waals surface area contributed by atoms with Crippen LogP contribution in [0.4, 0.5) is 11.4 Å². The molecule has 1 heterocycles. The Morgan fingerprint density at radius 1 is 1.28 bits per heavy atom. The van der Waals surface area contributed by atoms with Gasteiger partial charge in [-0.1, -0.05) is 31.2 Å². The third-order valence-corrected chi connectivity index (χ3v) is 5.27. The number of nitrogens with zero attached hydrogens (tertiary/aromatic N) is 3. The van der Waals surface area contributed by atoms with Crippen LogP contribution in [0.25, 0.3) is 5.57 Å². The number of carbonyl (C=O) groups excluding carboxylic acids is 1. The van der Waals surface area contributed by atoms with Crippen LogP contribution in [0.1, 0.15) is 45.2 Å². The fraction of sp³-hybridized carbons (Fsp3) is 0.333. The first kappa shape index (κ1) is 23.0. The number of hydrazone groups is 1. The number of para-hydroxylation sites is 2. The molecule has 168 valence electrons. The average molecular weight is 437 g/mol. The zero-order chi connectivity index (χ0) is 23.3. The highest BCUT2D eigenvalue weighted by molar-refractivity contribution is 5.88. The number of carbonyl (C=O) groups is 1. The molecule has 1 aliphatic rings. The molecule has 0 aliphatic carbocycles. The Morgan fingerprint density at radius 3 is 2.75 bits per heavy atom. The maximum absolute atomic E-state index is 12.0. The maximum Gasteiger partial charge on any atom is 0.310 e. The minimum Gasteiger partial charge on any atom is -0.477 e. The first-order valence-corrected chi connectivity index (χ1v) is 10.5. The van der Waals surface area contributed by atoms with Crippen LogP contribution in [-0.2, 0) is 4.79 Å². The predicted molar refractivity (Wildman–Crippen MR) is 126 cm³/mol. The van der Waals surface area contributed by atoms with E-state index in [0.717, 1.165) is 24.1 Å². The lowest BCUT2D eigenvalue weighted by Crippen LogP contribution is -2.45. The van der Waals surface area contributed by atoms with Gasteiger partial charge in [0, 0.05) is 23.9 Å². The van der Waals surface area contributed by atoms with Gasteiger partial charge in [0.05, 0.1) is 16.7 Å². The normalized spacial score (nSPS) is 14.6. The summed E-state index contributed by atoms with van der Waals surface area (Å²) in [6.07, 6.45) is 4.90. The van der Waals surface area contributed by atoms with Gasteiger partial charge in [-0.05, 0) is 56.5 Å². The molecule has 2 aromatic carbocycles. The fourth-order valence-corrected chi connectivity index (χ4v) is 3.90. The fourth-order valence-electron chi connectivity index (χ4n) is 3.90. The summed E-state index contributed by atoms with van der Waals surface area (Å²) in [7, 11) is 0. The average Bonchev–Trinajstić information content (AvgIpc) is 2.75. The van der Waals surface area contributed by atoms with Gasteiger partial charge in [-0.3, -0.25) is 14.9 Å². The number of amides is 1. The van der Waals surface area contributed by atoms with Crippen molar-refractivity contribution in [2.45, 2.75) is 39.7 Å². The molecule has 0 bridgehead atoms. The van der Waals surface area contributed by atoms with Crippen LogP contribution in [0.5, 0.6) is 5.75 Å². The molecule has 1 N–H and O–H groups in total. The number of nitro groups is 1. The standard InChI is InChI=1S/C24H28N4O4/c1-5-12-27-20-11-10-18(13-19(20)17(2)14-24(27,3)4)15-25-26-23(29)16-32-22-9-7-6-8-21(22)28(30)31/h6-11,13-15H,5,12,16H2,1-4H3,(H,26,29)/b25-15+. The summed E-state index contributed by atoms with van der Waals surface area (Å²) in [5.74, 6) is -0.475. The number of rotatable bonds is 8. The molecule has 1 amide bonds. The van der Waals surface area contributed by atoms with Crippen LogP contribution < -0.4 is 15.1 Å². The zero-order valence-corrected chi connectivity index (χ0v) is 18.8. The molecular formula is C24H28N4O4. The molecule has 0 spiro atoms. The third kappa shape index (κ3) is 5.14. The number of ether oxygens (including phenoxy) is 1. The second kappa shape index (κ2) is 9.64. The number of anilines is 1. The van der Waals surface area contributed by atoms with E-state index in [1.54, 1.807) is 12.3 Å². The van der Waals surface area contributed by atoms with Crippen molar-refractivity contribution < 1.29 is 14.5 Å². The van der Waals surface area contributed by atoms with Gasteiger partial charge in [-0.25, -0.2) is 5.43 Å². The quantitative estimate of drug-likeness (QED) is 0.372. The lowest BCUT2D eigenvalue weighted by molar-refractivity contribution is -0.385. The summed E-state index contributed by atoms with van der Waals surface area (Å²) in [4.78, 5) is 24.9. The summed E-state index contributed by atoms with van der Waals surface area (Å²) in [5, 5.41) is 15.0. The second-order valence-corrected chi connectivity index (χ2v) is 8.22. The third-order valence-electron chi connectivity index (χ3n) is 5.27. The molecule has 0 saturated carbocycles. The Balaban J connectivity index is 1.65. The Labute approximate surface area is 187 Å². The van der Waals surface area contributed by atoms with E-state index in [1.165, 1.54) is 29.5 Å². The molecular weight excluding hydrogens is 408 g/mol. The lowest BCUT2D eigenvalue weighted by atomic mass is 9.88. The number of fused-ring (bicyclic) bond motifs is 1. The van der Waals surface area contributed by atoms with Gasteiger partial charge in [0.25, 0.3) is 5.91 Å². The maximum atomic E-state index is 12.0. The van der Waals surface area contributed by atoms with Gasteiger partial charge in [-0.15, -0.1) is 0 Å². The van der Waals surface area contributed by atoms with E-state index in [1.807, 2.05) is 6.07 Å². The van der Waals surface area contributed by atoms with E-state index in [4.69, 9.17) is 4.74 Å². The molecule has 32 heavy (non-hydrogen) atoms. The van der Waals surface area contributed by atoms with E-state index < -0.39 is 10.8 Å². The highest BCUT2D eigenvalue weighted by atomic mass is 16.6. The highest BCUT2D eigenvalue weighted by Crippen LogP contribution is 2.39. The molecule has 8 heteroatoms. The predicted octanol–water partition coefficient (Wildman–Crippen LogP) is 4.54. The largest absolute Gasteiger partial charge is 0.477 e. The smallest absolute Gasteiger partial charge is 0.310 e. The lowest BCUT2D eigenvalue weighted by Gasteiger charge is -2.43. The van der Waals surface area contributed by atoms with Crippen molar-refractivity contribution in [1.82, 2.24) is 5.43 Å². The van der Waals surface area contributed by atoms with Crippen LogP contribution in [0.2, 0.25) is 0 Å². The van der Waals surface area contributed by atoms with E-state index in [9.17, 15) is 14.9 Å². The van der Waals surface area contributed by atoms with Gasteiger partial charge in [-0.2, -0.15) is 5.10 Å². The zero-order valence-electron chi connectivity index (χ0n) is 18.8. The molecule has 0 radical (unpaired) electrons. The molecule has 0 atom stereocenters. The van der Waals surface area contributed by atoms with Crippen molar-refractivity contribution in [3.05, 3.63) is 69.8 Å². The molecule has 0 fully saturated rings. The molecule has 3 rings (SSSR count). The molecule has 0 saturated heterocycles. The van der Waals surface area contributed by atoms with Crippen molar-refractivity contribution >= 4 is 29.1 Å². The summed E-state index contributed by atoms with van der Waals surface area (Å²) < 4.78 is 5.27. The number of allylic oxidation sites excluding steroid dienone is 1. The van der Waals surface area contributed by atoms with E-state index in [0.29, 0.717) is 0 Å². The number of hydrogen-bond donors (Lipinski definition) is 1. The van der Waals surface area contributed by atoms with Gasteiger partial charge >= 0.3 is 5.69 Å². The number of nitro benzene ring substituents is 1. The van der Waals surface area contributed by atoms with Gasteiger partial charge in [0.1, 0.15) is 0 Å². The number of nitrogens with one attached hydrogen (secondary N) is 1. The highest BCUT2D eigenvalue weighted by Gasteiger charge is 2.30. The van der Waals surface area contributed by atoms with Crippen molar-refractivity contribution in [1.29, 1.82) is 0 Å². The molecule has 1 aliphatic heterocycles. The minimum absolute atomic E-state index is 0.0353. The van der Waals surface area contributed by atoms with Gasteiger partial charge < -0.3 is 9.64 Å². The van der Waals surface area contributed by atoms with Gasteiger partial charge in [0.15, 0.2) is 12.4 Å². The molecule has 8 nitrogen and oxygen atoms in total. The van der Waals surface area contributed by atoms with Gasteiger partial charge in [0.2, 0.25) is 0 Å². The van der Waals surface area contributed by atoms with Crippen LogP contribution in [0.15, 0.2) is 53.6 Å². The second-order valence-electron chi connectivity index (χ2n) is 8.22. The molecule has 2 aromatic rings. The first-order chi connectivity index (χ1) is 15.2. The monoisotopic (exact) mass is 436 g/mol. The van der Waals surface area contributed by atoms with Crippen LogP contribution in [0.3, 0.4) is 0 Å². The summed E-state index contributed by atoms with van der Waals surface area (Å²) >= 11 is 0. The van der Waals surface area contributed by atoms with Crippen molar-refractivity contribution in [2.75, 3.05) is 18.1 Å². The summed E-state index contributed by atoms with van der Waals surface area (Å²) in [5.41, 5.74) is 6.54. The number of benzene rings is 2. The Kier molecular flexibility index (Phi) is 6.92. The van der Waals surface area contributed by atoms with E-state index in [-0.39, 0.29) is 23.6 Å². The van der Waals surface area contributed by atoms with Crippen molar-refractivity contribution in [3.63, 3.8) is 0 Å². The molecule has 0 unspecified atom stereocenters. The number of hydrogen-bond acceptors (Lipinski definition) is 6. The Morgan fingerprint density at radius 2 is 2.03 bits per heavy atom. The first-order valence-electron chi connectivity index (χ1n) is 10.5. The summed E-state index contributed by atoms with van der Waals surface area (Å²) in [6.45, 7) is 9.29. The Bertz CT molecular complexity index is 1080. The van der Waals surface area contributed by atoms with E-state index >= 15 is 0 Å². The molecule has 0 aromatic heterocycles. The van der Waals surface area contributed by atoms with E-state index in [2.05, 4.69) is 61.3 Å². The Hall–Kier alpha value is -3.68. The van der Waals surface area contributed by atoms with Crippen LogP contribution >= 0.6 is 0 Å². The SMILES string of the molecule is CCCN1c2ccc(/C=N/NC(=O)COc3ccccc3[N+](=O)[O-])cc2C(C)=CC1(C)C. The van der Waals surface area contributed by atoms with Crippen molar-refractivity contribution in [2.24, 2.45) is 5.10 Å².